The van der Waals surface area contributed by atoms with E-state index < -0.39 is 20.5 Å². The van der Waals surface area contributed by atoms with Gasteiger partial charge in [-0.05, 0) is 17.7 Å². The predicted octanol–water partition coefficient (Wildman–Crippen LogP) is 0.535. The molecule has 7 nitrogen and oxygen atoms in total. The molecule has 0 fully saturated rings. The topological polar surface area (TPSA) is 123 Å². The molecular weight excluding hydrogens is 273 g/mol. The molecule has 8 heteroatoms. The number of aliphatic hydroxyl groups is 2. The maximum atomic E-state index is 10.9. The van der Waals surface area contributed by atoms with Crippen LogP contribution in [0, 0.1) is 0 Å². The van der Waals surface area contributed by atoms with Crippen molar-refractivity contribution < 1.29 is 29.1 Å². The summed E-state index contributed by atoms with van der Waals surface area (Å²) in [5.74, 6) is 0.0345. The molecule has 0 aliphatic carbocycles. The zero-order valence-corrected chi connectivity index (χ0v) is 10.7. The molecule has 0 saturated heterocycles. The summed E-state index contributed by atoms with van der Waals surface area (Å²) in [6.07, 6.45) is 0.816. The molecule has 0 saturated carbocycles. The first kappa shape index (κ1) is 14.0. The van der Waals surface area contributed by atoms with Crippen LogP contribution in [0.4, 0.5) is 0 Å². The van der Waals surface area contributed by atoms with E-state index in [1.54, 1.807) is 18.3 Å². The first-order valence-corrected chi connectivity index (χ1v) is 7.07. The number of benzene rings is 1. The van der Waals surface area contributed by atoms with E-state index in [9.17, 15) is 9.67 Å². The molecule has 0 bridgehead atoms. The molecular formula is C11H14NO6P. The minimum atomic E-state index is -4.65. The van der Waals surface area contributed by atoms with Gasteiger partial charge in [0, 0.05) is 23.5 Å². The Morgan fingerprint density at radius 2 is 2.11 bits per heavy atom. The van der Waals surface area contributed by atoms with Gasteiger partial charge in [-0.2, -0.15) is 0 Å². The van der Waals surface area contributed by atoms with Gasteiger partial charge >= 0.3 is 7.82 Å². The Kier molecular flexibility index (Phi) is 3.93. The third kappa shape index (κ3) is 3.34. The molecule has 1 atom stereocenters. The van der Waals surface area contributed by atoms with E-state index in [-0.39, 0.29) is 12.2 Å². The van der Waals surface area contributed by atoms with Gasteiger partial charge in [0.2, 0.25) is 0 Å². The highest BCUT2D eigenvalue weighted by molar-refractivity contribution is 7.46. The summed E-state index contributed by atoms with van der Waals surface area (Å²) >= 11 is 0. The highest BCUT2D eigenvalue weighted by Crippen LogP contribution is 2.41. The van der Waals surface area contributed by atoms with Crippen LogP contribution in [0.3, 0.4) is 0 Å². The van der Waals surface area contributed by atoms with Crippen LogP contribution in [-0.4, -0.2) is 37.7 Å². The van der Waals surface area contributed by atoms with Crippen LogP contribution in [0.15, 0.2) is 24.4 Å². The Labute approximate surface area is 108 Å². The van der Waals surface area contributed by atoms with Gasteiger partial charge in [-0.3, -0.25) is 9.79 Å². The molecule has 19 heavy (non-hydrogen) atoms. The lowest BCUT2D eigenvalue weighted by Crippen LogP contribution is -2.14. The summed E-state index contributed by atoms with van der Waals surface area (Å²) in [5, 5.41) is 18.8. The molecule has 1 aromatic heterocycles. The Bertz CT molecular complexity index is 619. The van der Waals surface area contributed by atoms with Gasteiger partial charge in [0.15, 0.2) is 0 Å². The monoisotopic (exact) mass is 287 g/mol. The van der Waals surface area contributed by atoms with Gasteiger partial charge in [0.05, 0.1) is 12.7 Å². The van der Waals surface area contributed by atoms with E-state index in [4.69, 9.17) is 14.9 Å². The number of aromatic amines is 1. The van der Waals surface area contributed by atoms with E-state index >= 15 is 0 Å². The fourth-order valence-electron chi connectivity index (χ4n) is 1.90. The average molecular weight is 287 g/mol. The molecule has 1 unspecified atom stereocenters. The smallest absolute Gasteiger partial charge is 0.404 e. The largest absolute Gasteiger partial charge is 0.524 e. The van der Waals surface area contributed by atoms with Crippen LogP contribution in [0.5, 0.6) is 5.75 Å². The molecule has 0 aliphatic heterocycles. The average Bonchev–Trinajstić information content (AvgIpc) is 2.71. The van der Waals surface area contributed by atoms with Gasteiger partial charge in [-0.1, -0.05) is 6.07 Å². The van der Waals surface area contributed by atoms with Crippen LogP contribution in [0.25, 0.3) is 10.9 Å². The summed E-state index contributed by atoms with van der Waals surface area (Å²) in [4.78, 5) is 20.7. The summed E-state index contributed by atoms with van der Waals surface area (Å²) in [7, 11) is -4.65. The maximum Gasteiger partial charge on any atom is 0.524 e. The highest BCUT2D eigenvalue weighted by atomic mass is 31.2. The van der Waals surface area contributed by atoms with Crippen molar-refractivity contribution in [3.63, 3.8) is 0 Å². The fraction of sp³-hybridized carbons (Fsp3) is 0.273. The molecule has 2 aromatic rings. The molecule has 5 N–H and O–H groups in total. The van der Waals surface area contributed by atoms with Crippen molar-refractivity contribution >= 4 is 18.7 Å². The lowest BCUT2D eigenvalue weighted by Gasteiger charge is -2.10. The minimum Gasteiger partial charge on any atom is -0.404 e. The molecule has 0 spiro atoms. The Balaban J connectivity index is 2.46. The van der Waals surface area contributed by atoms with Gasteiger partial charge in [0.25, 0.3) is 0 Å². The molecule has 0 amide bonds. The van der Waals surface area contributed by atoms with Crippen LogP contribution < -0.4 is 4.52 Å². The Morgan fingerprint density at radius 3 is 2.74 bits per heavy atom. The number of aliphatic hydroxyl groups excluding tert-OH is 2. The number of phosphoric acid groups is 1. The number of fused-ring (bicyclic) bond motifs is 1. The normalized spacial score (nSPS) is 13.7. The molecule has 104 valence electrons. The van der Waals surface area contributed by atoms with Crippen molar-refractivity contribution in [1.29, 1.82) is 0 Å². The third-order valence-corrected chi connectivity index (χ3v) is 3.07. The number of aromatic nitrogens is 1. The lowest BCUT2D eigenvalue weighted by molar-refractivity contribution is 0.0957. The second-order valence-corrected chi connectivity index (χ2v) is 5.28. The molecule has 1 aromatic carbocycles. The van der Waals surface area contributed by atoms with Crippen molar-refractivity contribution in [2.75, 3.05) is 6.61 Å². The summed E-state index contributed by atoms with van der Waals surface area (Å²) < 4.78 is 15.6. The van der Waals surface area contributed by atoms with Gasteiger partial charge in [-0.25, -0.2) is 4.57 Å². The number of rotatable bonds is 5. The standard InChI is InChI=1S/C11H14NO6P/c13-6-8(14)4-7-5-12-9-2-1-3-10(11(7)9)18-19(15,16)17/h1-3,5,8,12-14H,4,6H2,(H2,15,16,17). The summed E-state index contributed by atoms with van der Waals surface area (Å²) in [6, 6.07) is 4.75. The Morgan fingerprint density at radius 1 is 1.37 bits per heavy atom. The first-order chi connectivity index (χ1) is 8.90. The summed E-state index contributed by atoms with van der Waals surface area (Å²) in [6.45, 7) is -0.395. The maximum absolute atomic E-state index is 10.9. The molecule has 0 aliphatic rings. The number of H-pyrrole nitrogens is 1. The number of hydrogen-bond acceptors (Lipinski definition) is 4. The SMILES string of the molecule is O=P(O)(O)Oc1cccc2[nH]cc(CC(O)CO)c12. The van der Waals surface area contributed by atoms with Crippen LogP contribution in [0.2, 0.25) is 0 Å². The van der Waals surface area contributed by atoms with Gasteiger partial charge < -0.3 is 19.7 Å². The highest BCUT2D eigenvalue weighted by Gasteiger charge is 2.20. The fourth-order valence-corrected chi connectivity index (χ4v) is 2.31. The quantitative estimate of drug-likeness (QED) is 0.511. The number of nitrogens with one attached hydrogen (secondary N) is 1. The molecule has 0 radical (unpaired) electrons. The zero-order chi connectivity index (χ0) is 14.0. The van der Waals surface area contributed by atoms with Crippen LogP contribution in [-0.2, 0) is 11.0 Å². The Hall–Kier alpha value is -1.37. The second kappa shape index (κ2) is 5.32. The third-order valence-electron chi connectivity index (χ3n) is 2.63. The number of hydrogen-bond donors (Lipinski definition) is 5. The predicted molar refractivity (Wildman–Crippen MR) is 67.8 cm³/mol. The van der Waals surface area contributed by atoms with Crippen molar-refractivity contribution in [2.24, 2.45) is 0 Å². The first-order valence-electron chi connectivity index (χ1n) is 5.54. The minimum absolute atomic E-state index is 0.0345. The van der Waals surface area contributed by atoms with E-state index in [0.717, 1.165) is 0 Å². The van der Waals surface area contributed by atoms with E-state index in [2.05, 4.69) is 9.51 Å². The van der Waals surface area contributed by atoms with E-state index in [1.807, 2.05) is 0 Å². The van der Waals surface area contributed by atoms with Crippen LogP contribution >= 0.6 is 7.82 Å². The van der Waals surface area contributed by atoms with Crippen LogP contribution in [0.1, 0.15) is 5.56 Å². The van der Waals surface area contributed by atoms with Crippen molar-refractivity contribution in [2.45, 2.75) is 12.5 Å². The van der Waals surface area contributed by atoms with Crippen molar-refractivity contribution in [3.8, 4) is 5.75 Å². The van der Waals surface area contributed by atoms with Crippen molar-refractivity contribution in [1.82, 2.24) is 4.98 Å². The zero-order valence-electron chi connectivity index (χ0n) is 9.85. The molecule has 2 rings (SSSR count). The van der Waals surface area contributed by atoms with E-state index in [0.29, 0.717) is 16.5 Å². The van der Waals surface area contributed by atoms with Gasteiger partial charge in [-0.15, -0.1) is 0 Å². The number of phosphoric ester groups is 1. The van der Waals surface area contributed by atoms with E-state index in [1.165, 1.54) is 6.07 Å². The lowest BCUT2D eigenvalue weighted by atomic mass is 10.1. The summed E-state index contributed by atoms with van der Waals surface area (Å²) in [5.41, 5.74) is 1.24. The van der Waals surface area contributed by atoms with Gasteiger partial charge in [0.1, 0.15) is 5.75 Å². The van der Waals surface area contributed by atoms with Crippen molar-refractivity contribution in [3.05, 3.63) is 30.0 Å². The molecule has 1 heterocycles. The second-order valence-electron chi connectivity index (χ2n) is 4.12.